The summed E-state index contributed by atoms with van der Waals surface area (Å²) in [5.41, 5.74) is 6.58. The summed E-state index contributed by atoms with van der Waals surface area (Å²) in [5, 5.41) is 6.99. The molecule has 0 radical (unpaired) electrons. The van der Waals surface area contributed by atoms with E-state index in [1.807, 2.05) is 29.2 Å². The van der Waals surface area contributed by atoms with Crippen molar-refractivity contribution in [2.24, 2.45) is 0 Å². The van der Waals surface area contributed by atoms with Crippen LogP contribution in [0.15, 0.2) is 29.4 Å². The summed E-state index contributed by atoms with van der Waals surface area (Å²) >= 11 is 1.29. The molecule has 1 amide bonds. The van der Waals surface area contributed by atoms with Crippen LogP contribution in [-0.2, 0) is 11.3 Å². The molecule has 1 aromatic heterocycles. The minimum absolute atomic E-state index is 0.0942. The maximum Gasteiger partial charge on any atom is 0.233 e. The molecule has 3 N–H and O–H groups in total. The smallest absolute Gasteiger partial charge is 0.233 e. The third-order valence-corrected chi connectivity index (χ3v) is 4.46. The summed E-state index contributed by atoms with van der Waals surface area (Å²) in [6.45, 7) is 0.615. The number of aromatic amines is 1. The van der Waals surface area contributed by atoms with Crippen molar-refractivity contribution >= 4 is 23.6 Å². The molecule has 0 aliphatic heterocycles. The van der Waals surface area contributed by atoms with Crippen molar-refractivity contribution in [1.82, 2.24) is 20.1 Å². The zero-order valence-electron chi connectivity index (χ0n) is 12.9. The first kappa shape index (κ1) is 15.7. The van der Waals surface area contributed by atoms with Gasteiger partial charge in [-0.15, -0.1) is 5.10 Å². The molecular formula is C15H19N5O2S. The number of benzene rings is 1. The van der Waals surface area contributed by atoms with Crippen molar-refractivity contribution in [2.75, 3.05) is 18.6 Å². The molecule has 122 valence electrons. The standard InChI is InChI=1S/C15H19N5O2S/c1-22-12-6-2-10(3-7-12)8-20(11-4-5-11)13(21)9-23-15-17-14(16)18-19-15/h2-3,6-7,11H,4-5,8-9H2,1H3,(H3,16,17,18,19). The van der Waals surface area contributed by atoms with Crippen molar-refractivity contribution in [3.63, 3.8) is 0 Å². The molecule has 0 atom stereocenters. The molecule has 1 aliphatic carbocycles. The molecule has 0 unspecified atom stereocenters. The van der Waals surface area contributed by atoms with Crippen LogP contribution in [0.2, 0.25) is 0 Å². The maximum atomic E-state index is 12.5. The lowest BCUT2D eigenvalue weighted by Gasteiger charge is -2.22. The Hall–Kier alpha value is -2.22. The lowest BCUT2D eigenvalue weighted by Crippen LogP contribution is -2.34. The molecule has 7 nitrogen and oxygen atoms in total. The van der Waals surface area contributed by atoms with Crippen molar-refractivity contribution in [1.29, 1.82) is 0 Å². The number of rotatable bonds is 7. The highest BCUT2D eigenvalue weighted by atomic mass is 32.2. The van der Waals surface area contributed by atoms with Crippen LogP contribution in [0.5, 0.6) is 5.75 Å². The first-order valence-corrected chi connectivity index (χ1v) is 8.37. The van der Waals surface area contributed by atoms with Crippen LogP contribution >= 0.6 is 11.8 Å². The molecule has 0 bridgehead atoms. The monoisotopic (exact) mass is 333 g/mol. The zero-order chi connectivity index (χ0) is 16.2. The number of nitrogens with two attached hydrogens (primary N) is 1. The number of anilines is 1. The van der Waals surface area contributed by atoms with Gasteiger partial charge in [-0.2, -0.15) is 4.98 Å². The summed E-state index contributed by atoms with van der Waals surface area (Å²) < 4.78 is 5.16. The van der Waals surface area contributed by atoms with Gasteiger partial charge in [0.2, 0.25) is 17.0 Å². The zero-order valence-corrected chi connectivity index (χ0v) is 13.7. The van der Waals surface area contributed by atoms with E-state index < -0.39 is 0 Å². The Bertz CT molecular complexity index is 669. The fraction of sp³-hybridized carbons (Fsp3) is 0.400. The number of amides is 1. The SMILES string of the molecule is COc1ccc(CN(C(=O)CSc2n[nH]c(N)n2)C2CC2)cc1. The molecule has 1 aliphatic rings. The van der Waals surface area contributed by atoms with Gasteiger partial charge in [0, 0.05) is 12.6 Å². The Balaban J connectivity index is 1.60. The first-order valence-electron chi connectivity index (χ1n) is 7.39. The van der Waals surface area contributed by atoms with Crippen LogP contribution in [0, 0.1) is 0 Å². The Labute approximate surface area is 138 Å². The average Bonchev–Trinajstić information content (AvgIpc) is 3.32. The number of nitrogen functional groups attached to an aromatic ring is 1. The summed E-state index contributed by atoms with van der Waals surface area (Å²) in [5.74, 6) is 1.48. The fourth-order valence-corrected chi connectivity index (χ4v) is 2.96. The number of methoxy groups -OCH3 is 1. The summed E-state index contributed by atoms with van der Waals surface area (Å²) in [6.07, 6.45) is 2.14. The molecule has 8 heteroatoms. The van der Waals surface area contributed by atoms with Gasteiger partial charge in [0.25, 0.3) is 0 Å². The molecule has 1 aromatic carbocycles. The normalized spacial score (nSPS) is 13.8. The van der Waals surface area contributed by atoms with E-state index in [9.17, 15) is 4.79 Å². The summed E-state index contributed by atoms with van der Waals surface area (Å²) in [6, 6.07) is 8.16. The molecule has 3 rings (SSSR count). The molecule has 1 fully saturated rings. The van der Waals surface area contributed by atoms with Gasteiger partial charge in [-0.1, -0.05) is 23.9 Å². The lowest BCUT2D eigenvalue weighted by molar-refractivity contribution is -0.129. The number of carbonyl (C=O) groups excluding carboxylic acids is 1. The number of nitrogens with zero attached hydrogens (tertiary/aromatic N) is 3. The number of thioether (sulfide) groups is 1. The first-order chi connectivity index (χ1) is 11.2. The number of H-pyrrole nitrogens is 1. The number of carbonyl (C=O) groups is 1. The van der Waals surface area contributed by atoms with Crippen LogP contribution in [0.4, 0.5) is 5.95 Å². The van der Waals surface area contributed by atoms with Crippen molar-refractivity contribution < 1.29 is 9.53 Å². The van der Waals surface area contributed by atoms with Gasteiger partial charge in [-0.3, -0.25) is 4.79 Å². The highest BCUT2D eigenvalue weighted by molar-refractivity contribution is 7.99. The van der Waals surface area contributed by atoms with E-state index >= 15 is 0 Å². The molecule has 2 aromatic rings. The van der Waals surface area contributed by atoms with Crippen LogP contribution in [0.1, 0.15) is 18.4 Å². The van der Waals surface area contributed by atoms with Crippen LogP contribution in [0.25, 0.3) is 0 Å². The topological polar surface area (TPSA) is 97.1 Å². The number of hydrogen-bond donors (Lipinski definition) is 2. The molecular weight excluding hydrogens is 314 g/mol. The second-order valence-corrected chi connectivity index (χ2v) is 6.34. The van der Waals surface area contributed by atoms with Gasteiger partial charge in [-0.05, 0) is 30.5 Å². The quantitative estimate of drug-likeness (QED) is 0.748. The van der Waals surface area contributed by atoms with E-state index in [4.69, 9.17) is 10.5 Å². The van der Waals surface area contributed by atoms with Crippen molar-refractivity contribution in [3.8, 4) is 5.75 Å². The van der Waals surface area contributed by atoms with E-state index in [2.05, 4.69) is 15.2 Å². The molecule has 0 spiro atoms. The van der Waals surface area contributed by atoms with Crippen LogP contribution in [-0.4, -0.2) is 44.9 Å². The van der Waals surface area contributed by atoms with Crippen molar-refractivity contribution in [3.05, 3.63) is 29.8 Å². The average molecular weight is 333 g/mol. The molecule has 23 heavy (non-hydrogen) atoms. The minimum Gasteiger partial charge on any atom is -0.497 e. The number of nitrogens with one attached hydrogen (secondary N) is 1. The Morgan fingerprint density at radius 2 is 2.17 bits per heavy atom. The van der Waals surface area contributed by atoms with Gasteiger partial charge < -0.3 is 15.4 Å². The van der Waals surface area contributed by atoms with E-state index in [1.54, 1.807) is 7.11 Å². The molecule has 1 heterocycles. The third kappa shape index (κ3) is 4.16. The van der Waals surface area contributed by atoms with Crippen LogP contribution in [0.3, 0.4) is 0 Å². The van der Waals surface area contributed by atoms with Gasteiger partial charge in [-0.25, -0.2) is 5.10 Å². The Morgan fingerprint density at radius 1 is 1.43 bits per heavy atom. The maximum absolute atomic E-state index is 12.5. The van der Waals surface area contributed by atoms with Gasteiger partial charge in [0.1, 0.15) is 5.75 Å². The Morgan fingerprint density at radius 3 is 2.74 bits per heavy atom. The predicted molar refractivity (Wildman–Crippen MR) is 88.1 cm³/mol. The summed E-state index contributed by atoms with van der Waals surface area (Å²) in [4.78, 5) is 18.4. The fourth-order valence-electron chi connectivity index (χ4n) is 2.27. The Kier molecular flexibility index (Phi) is 4.71. The predicted octanol–water partition coefficient (Wildman–Crippen LogP) is 1.68. The number of hydrogen-bond acceptors (Lipinski definition) is 6. The number of ether oxygens (including phenoxy) is 1. The highest BCUT2D eigenvalue weighted by Crippen LogP contribution is 2.29. The summed E-state index contributed by atoms with van der Waals surface area (Å²) in [7, 11) is 1.64. The van der Waals surface area contributed by atoms with E-state index in [1.165, 1.54) is 11.8 Å². The second kappa shape index (κ2) is 6.91. The highest BCUT2D eigenvalue weighted by Gasteiger charge is 2.32. The van der Waals surface area contributed by atoms with Crippen molar-refractivity contribution in [2.45, 2.75) is 30.6 Å². The van der Waals surface area contributed by atoms with E-state index in [0.29, 0.717) is 23.5 Å². The second-order valence-electron chi connectivity index (χ2n) is 5.39. The molecule has 1 saturated carbocycles. The number of aromatic nitrogens is 3. The van der Waals surface area contributed by atoms with Gasteiger partial charge in [0.05, 0.1) is 12.9 Å². The molecule has 0 saturated heterocycles. The van der Waals surface area contributed by atoms with Gasteiger partial charge >= 0.3 is 0 Å². The lowest BCUT2D eigenvalue weighted by atomic mass is 10.2. The van der Waals surface area contributed by atoms with E-state index in [0.717, 1.165) is 24.2 Å². The van der Waals surface area contributed by atoms with E-state index in [-0.39, 0.29) is 11.9 Å². The third-order valence-electron chi connectivity index (χ3n) is 3.63. The van der Waals surface area contributed by atoms with Crippen LogP contribution < -0.4 is 10.5 Å². The minimum atomic E-state index is 0.0942. The van der Waals surface area contributed by atoms with Gasteiger partial charge in [0.15, 0.2) is 0 Å². The largest absolute Gasteiger partial charge is 0.497 e.